The first-order chi connectivity index (χ1) is 4.66. The molecule has 0 aliphatic carbocycles. The summed E-state index contributed by atoms with van der Waals surface area (Å²) in [4.78, 5) is 0. The lowest BCUT2D eigenvalue weighted by atomic mass is 10.0. The van der Waals surface area contributed by atoms with Gasteiger partial charge in [-0.15, -0.1) is 0 Å². The summed E-state index contributed by atoms with van der Waals surface area (Å²) >= 11 is 0. The van der Waals surface area contributed by atoms with Gasteiger partial charge in [-0.05, 0) is 32.6 Å². The van der Waals surface area contributed by atoms with E-state index in [2.05, 4.69) is 26.8 Å². The summed E-state index contributed by atoms with van der Waals surface area (Å²) in [6.45, 7) is 6.69. The van der Waals surface area contributed by atoms with E-state index >= 15 is 0 Å². The van der Waals surface area contributed by atoms with Crippen molar-refractivity contribution >= 4 is 0 Å². The Balaban J connectivity index is 3.38. The van der Waals surface area contributed by atoms with Crippen LogP contribution in [0.4, 0.5) is 0 Å². The number of allylic oxidation sites excluding steroid dienone is 2. The number of hydrogen-bond donors (Lipinski definition) is 1. The predicted octanol–water partition coefficient (Wildman–Crippen LogP) is 2.36. The van der Waals surface area contributed by atoms with Gasteiger partial charge >= 0.3 is 0 Å². The molecule has 0 fully saturated rings. The Kier molecular flexibility index (Phi) is 5.32. The Bertz CT molecular complexity index is 101. The SMILES string of the molecule is CC(C)=CCC(C)CCO. The molecule has 60 valence electrons. The summed E-state index contributed by atoms with van der Waals surface area (Å²) in [5, 5.41) is 8.58. The van der Waals surface area contributed by atoms with Crippen LogP contribution < -0.4 is 0 Å². The molecule has 1 heteroatoms. The topological polar surface area (TPSA) is 20.2 Å². The second-order valence-electron chi connectivity index (χ2n) is 3.13. The highest BCUT2D eigenvalue weighted by atomic mass is 16.2. The van der Waals surface area contributed by atoms with E-state index < -0.39 is 0 Å². The smallest absolute Gasteiger partial charge is 0.0433 e. The molecule has 0 aromatic rings. The third-order valence-electron chi connectivity index (χ3n) is 1.55. The molecule has 0 aromatic carbocycles. The summed E-state index contributed by atoms with van der Waals surface area (Å²) in [6, 6.07) is 0. The predicted molar refractivity (Wildman–Crippen MR) is 44.9 cm³/mol. The van der Waals surface area contributed by atoms with Gasteiger partial charge in [0, 0.05) is 6.61 Å². The molecule has 0 spiro atoms. The van der Waals surface area contributed by atoms with E-state index in [1.54, 1.807) is 0 Å². The quantitative estimate of drug-likeness (QED) is 0.597. The fourth-order valence-corrected chi connectivity index (χ4v) is 0.775. The lowest BCUT2D eigenvalue weighted by Crippen LogP contribution is -1.95. The van der Waals surface area contributed by atoms with Gasteiger partial charge in [0.2, 0.25) is 0 Å². The largest absolute Gasteiger partial charge is 0.396 e. The molecule has 0 radical (unpaired) electrons. The van der Waals surface area contributed by atoms with E-state index in [-0.39, 0.29) is 0 Å². The maximum absolute atomic E-state index is 8.58. The maximum atomic E-state index is 8.58. The third-order valence-corrected chi connectivity index (χ3v) is 1.55. The molecule has 1 atom stereocenters. The molecule has 1 N–H and O–H groups in total. The van der Waals surface area contributed by atoms with Crippen LogP contribution in [-0.2, 0) is 0 Å². The average molecular weight is 142 g/mol. The maximum Gasteiger partial charge on any atom is 0.0433 e. The van der Waals surface area contributed by atoms with Crippen LogP contribution in [-0.4, -0.2) is 11.7 Å². The number of rotatable bonds is 4. The molecule has 0 saturated carbocycles. The summed E-state index contributed by atoms with van der Waals surface area (Å²) < 4.78 is 0. The molecule has 0 saturated heterocycles. The van der Waals surface area contributed by atoms with Crippen molar-refractivity contribution in [2.75, 3.05) is 6.61 Å². The molecular formula is C9H18O. The van der Waals surface area contributed by atoms with Crippen LogP contribution in [0, 0.1) is 5.92 Å². The van der Waals surface area contributed by atoms with Gasteiger partial charge < -0.3 is 5.11 Å². The van der Waals surface area contributed by atoms with Gasteiger partial charge in [-0.1, -0.05) is 18.6 Å². The van der Waals surface area contributed by atoms with Gasteiger partial charge in [-0.2, -0.15) is 0 Å². The molecule has 0 aromatic heterocycles. The molecule has 0 aliphatic rings. The van der Waals surface area contributed by atoms with Crippen molar-refractivity contribution in [3.8, 4) is 0 Å². The van der Waals surface area contributed by atoms with Gasteiger partial charge in [0.25, 0.3) is 0 Å². The molecular weight excluding hydrogens is 124 g/mol. The molecule has 10 heavy (non-hydrogen) atoms. The van der Waals surface area contributed by atoms with Crippen molar-refractivity contribution in [1.82, 2.24) is 0 Å². The first-order valence-electron chi connectivity index (χ1n) is 3.91. The zero-order valence-electron chi connectivity index (χ0n) is 7.22. The van der Waals surface area contributed by atoms with Crippen LogP contribution in [0.1, 0.15) is 33.6 Å². The Hall–Kier alpha value is -0.300. The van der Waals surface area contributed by atoms with E-state index in [0.29, 0.717) is 12.5 Å². The lowest BCUT2D eigenvalue weighted by Gasteiger charge is -2.04. The molecule has 0 heterocycles. The number of aliphatic hydroxyl groups excluding tert-OH is 1. The molecule has 0 aliphatic heterocycles. The van der Waals surface area contributed by atoms with Gasteiger partial charge in [-0.3, -0.25) is 0 Å². The zero-order valence-corrected chi connectivity index (χ0v) is 7.22. The standard InChI is InChI=1S/C9H18O/c1-8(2)4-5-9(3)6-7-10/h4,9-10H,5-7H2,1-3H3. The van der Waals surface area contributed by atoms with Gasteiger partial charge in [0.05, 0.1) is 0 Å². The molecule has 0 rings (SSSR count). The normalized spacial score (nSPS) is 12.8. The van der Waals surface area contributed by atoms with Crippen molar-refractivity contribution in [3.63, 3.8) is 0 Å². The molecule has 1 unspecified atom stereocenters. The van der Waals surface area contributed by atoms with Crippen molar-refractivity contribution in [3.05, 3.63) is 11.6 Å². The number of hydrogen-bond acceptors (Lipinski definition) is 1. The highest BCUT2D eigenvalue weighted by Gasteiger charge is 1.96. The van der Waals surface area contributed by atoms with E-state index in [9.17, 15) is 0 Å². The lowest BCUT2D eigenvalue weighted by molar-refractivity contribution is 0.263. The second kappa shape index (κ2) is 5.48. The van der Waals surface area contributed by atoms with Crippen LogP contribution in [0.3, 0.4) is 0 Å². The minimum Gasteiger partial charge on any atom is -0.396 e. The van der Waals surface area contributed by atoms with Crippen LogP contribution in [0.2, 0.25) is 0 Å². The molecule has 1 nitrogen and oxygen atoms in total. The van der Waals surface area contributed by atoms with Crippen molar-refractivity contribution in [1.29, 1.82) is 0 Å². The van der Waals surface area contributed by atoms with Crippen LogP contribution >= 0.6 is 0 Å². The average Bonchev–Trinajstić information content (AvgIpc) is 1.85. The first-order valence-corrected chi connectivity index (χ1v) is 3.91. The fourth-order valence-electron chi connectivity index (χ4n) is 0.775. The molecule has 0 amide bonds. The van der Waals surface area contributed by atoms with Crippen molar-refractivity contribution in [2.45, 2.75) is 33.6 Å². The summed E-state index contributed by atoms with van der Waals surface area (Å²) in [5.41, 5.74) is 1.37. The third kappa shape index (κ3) is 5.83. The summed E-state index contributed by atoms with van der Waals surface area (Å²) in [5.74, 6) is 0.625. The van der Waals surface area contributed by atoms with E-state index in [0.717, 1.165) is 12.8 Å². The van der Waals surface area contributed by atoms with Gasteiger partial charge in [0.15, 0.2) is 0 Å². The van der Waals surface area contributed by atoms with Gasteiger partial charge in [-0.25, -0.2) is 0 Å². The summed E-state index contributed by atoms with van der Waals surface area (Å²) in [7, 11) is 0. The van der Waals surface area contributed by atoms with E-state index in [1.165, 1.54) is 5.57 Å². The Labute approximate surface area is 63.8 Å². The summed E-state index contributed by atoms with van der Waals surface area (Å²) in [6.07, 6.45) is 4.24. The Morgan fingerprint density at radius 1 is 1.50 bits per heavy atom. The van der Waals surface area contributed by atoms with E-state index in [4.69, 9.17) is 5.11 Å². The van der Waals surface area contributed by atoms with Crippen molar-refractivity contribution in [2.24, 2.45) is 5.92 Å². The zero-order chi connectivity index (χ0) is 7.98. The van der Waals surface area contributed by atoms with Crippen LogP contribution in [0.15, 0.2) is 11.6 Å². The van der Waals surface area contributed by atoms with E-state index in [1.807, 2.05) is 0 Å². The number of aliphatic hydroxyl groups is 1. The second-order valence-corrected chi connectivity index (χ2v) is 3.13. The molecule has 0 bridgehead atoms. The highest BCUT2D eigenvalue weighted by molar-refractivity contribution is 4.93. The monoisotopic (exact) mass is 142 g/mol. The van der Waals surface area contributed by atoms with Gasteiger partial charge in [0.1, 0.15) is 0 Å². The fraction of sp³-hybridized carbons (Fsp3) is 0.778. The minimum absolute atomic E-state index is 0.317. The highest BCUT2D eigenvalue weighted by Crippen LogP contribution is 2.08. The Morgan fingerprint density at radius 2 is 2.10 bits per heavy atom. The van der Waals surface area contributed by atoms with Crippen molar-refractivity contribution < 1.29 is 5.11 Å². The minimum atomic E-state index is 0.317. The Morgan fingerprint density at radius 3 is 2.50 bits per heavy atom. The van der Waals surface area contributed by atoms with Crippen LogP contribution in [0.25, 0.3) is 0 Å². The van der Waals surface area contributed by atoms with Crippen LogP contribution in [0.5, 0.6) is 0 Å². The first kappa shape index (κ1) is 9.70.